The molecule has 0 fully saturated rings. The number of halogens is 1. The summed E-state index contributed by atoms with van der Waals surface area (Å²) in [6.45, 7) is 8.22. The molecule has 1 aromatic carbocycles. The van der Waals surface area contributed by atoms with Crippen molar-refractivity contribution in [2.75, 3.05) is 55.3 Å². The van der Waals surface area contributed by atoms with Crippen LogP contribution in [-0.4, -0.2) is 72.2 Å². The van der Waals surface area contributed by atoms with Gasteiger partial charge in [0.25, 0.3) is 5.91 Å². The first kappa shape index (κ1) is 48.8. The van der Waals surface area contributed by atoms with E-state index in [1.54, 1.807) is 19.1 Å². The summed E-state index contributed by atoms with van der Waals surface area (Å²) in [4.78, 5) is 50.5. The summed E-state index contributed by atoms with van der Waals surface area (Å²) in [6, 6.07) is 7.18. The number of alkyl carbamates (subject to hydrolysis) is 1. The predicted molar refractivity (Wildman–Crippen MR) is 247 cm³/mol. The number of carbonyl (C=O) groups excluding carboxylic acids is 3. The summed E-state index contributed by atoms with van der Waals surface area (Å²) < 4.78 is 5.20. The van der Waals surface area contributed by atoms with E-state index in [1.165, 1.54) is 17.5 Å². The minimum atomic E-state index is -0.540. The Morgan fingerprint density at radius 2 is 1.40 bits per heavy atom. The van der Waals surface area contributed by atoms with Gasteiger partial charge < -0.3 is 36.6 Å². The van der Waals surface area contributed by atoms with Crippen molar-refractivity contribution in [1.29, 1.82) is 0 Å². The van der Waals surface area contributed by atoms with Gasteiger partial charge in [-0.3, -0.25) is 9.59 Å². The van der Waals surface area contributed by atoms with Crippen LogP contribution in [0.15, 0.2) is 103 Å². The van der Waals surface area contributed by atoms with Gasteiger partial charge in [-0.25, -0.2) is 19.7 Å². The van der Waals surface area contributed by atoms with Crippen LogP contribution in [0.3, 0.4) is 0 Å². The maximum Gasteiger partial charge on any atom is 0.407 e. The van der Waals surface area contributed by atoms with Gasteiger partial charge >= 0.3 is 6.09 Å². The molecule has 0 aliphatic carbocycles. The highest BCUT2D eigenvalue weighted by atomic mass is 35.5. The highest BCUT2D eigenvalue weighted by molar-refractivity contribution is 7.17. The number of aromatic nitrogens is 3. The van der Waals surface area contributed by atoms with Crippen molar-refractivity contribution in [3.63, 3.8) is 0 Å². The maximum absolute atomic E-state index is 12.8. The predicted octanol–water partition coefficient (Wildman–Crippen LogP) is 9.52. The molecule has 60 heavy (non-hydrogen) atoms. The van der Waals surface area contributed by atoms with Crippen LogP contribution in [0.25, 0.3) is 0 Å². The van der Waals surface area contributed by atoms with E-state index in [1.807, 2.05) is 25.1 Å². The van der Waals surface area contributed by atoms with Crippen LogP contribution in [0.4, 0.5) is 27.2 Å². The first-order valence-corrected chi connectivity index (χ1v) is 21.6. The molecule has 0 atom stereocenters. The Kier molecular flexibility index (Phi) is 24.8. The second kappa shape index (κ2) is 30.5. The quantitative estimate of drug-likeness (QED) is 0.0305. The van der Waals surface area contributed by atoms with Crippen molar-refractivity contribution in [2.45, 2.75) is 72.1 Å². The standard InChI is InChI=1S/C45H60ClN9O4S/c1-4-5-6-7-8-9-10-11-12-13-14-15-16-17-18-19-20-21-22-26-41(56)49-29-30-50-45(58)59-32-31-47-27-28-48-39-33-40(53-36(3)52-39)54-44-51-34-38(60-44)43(57)55-42-35(2)24-23-25-37(42)46/h5-6,8-9,11-12,14-15,17-18,20-21,23-25,33-34,47H,4,7,10,13,16,19,22,26-32H2,1-3H3,(H,49,56)(H,50,58)(H,55,57)(H2,48,51,52,53,54). The third-order valence-electron chi connectivity index (χ3n) is 8.23. The van der Waals surface area contributed by atoms with Gasteiger partial charge in [0, 0.05) is 45.2 Å². The lowest BCUT2D eigenvalue weighted by Crippen LogP contribution is -2.35. The Morgan fingerprint density at radius 1 is 0.767 bits per heavy atom. The molecular weight excluding hydrogens is 798 g/mol. The molecule has 13 nitrogen and oxygen atoms in total. The second-order valence-corrected chi connectivity index (χ2v) is 14.7. The third kappa shape index (κ3) is 22.0. The molecule has 0 bridgehead atoms. The number of hydrogen-bond acceptors (Lipinski definition) is 11. The molecular formula is C45H60ClN9O4S. The summed E-state index contributed by atoms with van der Waals surface area (Å²) >= 11 is 7.45. The number of hydrogen-bond donors (Lipinski definition) is 6. The molecule has 0 saturated carbocycles. The van der Waals surface area contributed by atoms with E-state index in [0.29, 0.717) is 77.2 Å². The number of ether oxygens (including phenoxy) is 1. The SMILES string of the molecule is CCC=CCC=CCC=CCC=CCC=CCC=CCCC(=O)NCCNC(=O)OCCNCCNc1cc(Nc2ncc(C(=O)Nc3c(C)cccc3Cl)s2)nc(C)n1. The molecule has 322 valence electrons. The number of para-hydroxylation sites is 1. The van der Waals surface area contributed by atoms with Gasteiger partial charge in [-0.15, -0.1) is 0 Å². The zero-order chi connectivity index (χ0) is 43.0. The molecule has 15 heteroatoms. The molecule has 6 N–H and O–H groups in total. The number of allylic oxidation sites excluding steroid dienone is 12. The lowest BCUT2D eigenvalue weighted by atomic mass is 10.2. The maximum atomic E-state index is 12.8. The minimum Gasteiger partial charge on any atom is -0.448 e. The Labute approximate surface area is 364 Å². The van der Waals surface area contributed by atoms with Crippen molar-refractivity contribution in [2.24, 2.45) is 0 Å². The number of thiazole rings is 1. The zero-order valence-corrected chi connectivity index (χ0v) is 36.5. The molecule has 0 aliphatic rings. The van der Waals surface area contributed by atoms with Crippen LogP contribution in [0.1, 0.15) is 79.3 Å². The molecule has 0 saturated heterocycles. The number of aryl methyl sites for hydroxylation is 2. The molecule has 0 spiro atoms. The number of nitrogens with one attached hydrogen (secondary N) is 6. The Hall–Kier alpha value is -5.57. The smallest absolute Gasteiger partial charge is 0.407 e. The van der Waals surface area contributed by atoms with Crippen molar-refractivity contribution in [1.82, 2.24) is 30.9 Å². The fourth-order valence-electron chi connectivity index (χ4n) is 5.21. The van der Waals surface area contributed by atoms with E-state index in [-0.39, 0.29) is 25.0 Å². The highest BCUT2D eigenvalue weighted by Crippen LogP contribution is 2.28. The van der Waals surface area contributed by atoms with Crippen LogP contribution in [0.5, 0.6) is 0 Å². The first-order valence-electron chi connectivity index (χ1n) is 20.4. The third-order valence-corrected chi connectivity index (χ3v) is 9.46. The van der Waals surface area contributed by atoms with E-state index >= 15 is 0 Å². The van der Waals surface area contributed by atoms with E-state index in [4.69, 9.17) is 16.3 Å². The van der Waals surface area contributed by atoms with Crippen molar-refractivity contribution < 1.29 is 19.1 Å². The minimum absolute atomic E-state index is 0.0627. The van der Waals surface area contributed by atoms with Gasteiger partial charge in [0.2, 0.25) is 5.91 Å². The van der Waals surface area contributed by atoms with Crippen LogP contribution in [0.2, 0.25) is 5.02 Å². The van der Waals surface area contributed by atoms with Gasteiger partial charge in [0.05, 0.1) is 16.9 Å². The van der Waals surface area contributed by atoms with Gasteiger partial charge in [-0.2, -0.15) is 0 Å². The molecule has 2 aromatic heterocycles. The van der Waals surface area contributed by atoms with Gasteiger partial charge in [-0.1, -0.05) is 115 Å². The Balaban J connectivity index is 1.16. The summed E-state index contributed by atoms with van der Waals surface area (Å²) in [6.07, 6.45) is 33.6. The molecule has 0 unspecified atom stereocenters. The topological polar surface area (TPSA) is 171 Å². The largest absolute Gasteiger partial charge is 0.448 e. The van der Waals surface area contributed by atoms with E-state index in [2.05, 4.69) is 121 Å². The molecule has 3 aromatic rings. The van der Waals surface area contributed by atoms with Crippen molar-refractivity contribution >= 4 is 63.3 Å². The normalized spacial score (nSPS) is 11.8. The van der Waals surface area contributed by atoms with Gasteiger partial charge in [0.15, 0.2) is 5.13 Å². The number of rotatable bonds is 28. The number of amides is 3. The Bertz CT molecular complexity index is 1920. The van der Waals surface area contributed by atoms with Crippen LogP contribution < -0.4 is 31.9 Å². The lowest BCUT2D eigenvalue weighted by molar-refractivity contribution is -0.120. The summed E-state index contributed by atoms with van der Waals surface area (Å²) in [5, 5.41) is 18.9. The average molecular weight is 859 g/mol. The fraction of sp³-hybridized carbons (Fsp3) is 0.378. The average Bonchev–Trinajstić information content (AvgIpc) is 3.69. The van der Waals surface area contributed by atoms with Gasteiger partial charge in [0.1, 0.15) is 28.9 Å². The molecule has 0 aliphatic heterocycles. The van der Waals surface area contributed by atoms with Gasteiger partial charge in [-0.05, 0) is 70.4 Å². The molecule has 2 heterocycles. The lowest BCUT2D eigenvalue weighted by Gasteiger charge is -2.10. The van der Waals surface area contributed by atoms with Crippen molar-refractivity contribution in [3.05, 3.63) is 125 Å². The fourth-order valence-corrected chi connectivity index (χ4v) is 6.20. The molecule has 3 rings (SSSR count). The van der Waals surface area contributed by atoms with E-state index in [0.717, 1.165) is 44.1 Å². The van der Waals surface area contributed by atoms with Crippen LogP contribution >= 0.6 is 22.9 Å². The monoisotopic (exact) mass is 857 g/mol. The highest BCUT2D eigenvalue weighted by Gasteiger charge is 2.15. The van der Waals surface area contributed by atoms with Crippen LogP contribution in [0, 0.1) is 13.8 Å². The summed E-state index contributed by atoms with van der Waals surface area (Å²) in [5.41, 5.74) is 1.43. The molecule has 3 amide bonds. The molecule has 0 radical (unpaired) electrons. The zero-order valence-electron chi connectivity index (χ0n) is 35.0. The van der Waals surface area contributed by atoms with E-state index < -0.39 is 6.09 Å². The number of benzene rings is 1. The number of anilines is 4. The first-order chi connectivity index (χ1) is 29.2. The van der Waals surface area contributed by atoms with Crippen molar-refractivity contribution in [3.8, 4) is 0 Å². The number of carbonyl (C=O) groups is 3. The van der Waals surface area contributed by atoms with Crippen LogP contribution in [-0.2, 0) is 9.53 Å². The second-order valence-electron chi connectivity index (χ2n) is 13.3. The van der Waals surface area contributed by atoms with E-state index in [9.17, 15) is 14.4 Å². The Morgan fingerprint density at radius 3 is 2.07 bits per heavy atom. The summed E-state index contributed by atoms with van der Waals surface area (Å²) in [5.74, 6) is 1.33. The summed E-state index contributed by atoms with van der Waals surface area (Å²) in [7, 11) is 0. The number of nitrogens with zero attached hydrogens (tertiary/aromatic N) is 3.